The molecule has 150 valence electrons. The Morgan fingerprint density at radius 3 is 2.45 bits per heavy atom. The highest BCUT2D eigenvalue weighted by Gasteiger charge is 2.15. The van der Waals surface area contributed by atoms with Crippen molar-refractivity contribution in [1.82, 2.24) is 15.4 Å². The van der Waals surface area contributed by atoms with Crippen molar-refractivity contribution in [2.45, 2.75) is 20.4 Å². The molecule has 0 fully saturated rings. The zero-order chi connectivity index (χ0) is 21.0. The first-order valence-corrected chi connectivity index (χ1v) is 9.35. The summed E-state index contributed by atoms with van der Waals surface area (Å²) in [4.78, 5) is 1.66. The first-order chi connectivity index (χ1) is 13.9. The lowest BCUT2D eigenvalue weighted by Gasteiger charge is -2.13. The number of hydrogen-bond acceptors (Lipinski definition) is 3. The van der Waals surface area contributed by atoms with Crippen LogP contribution >= 0.6 is 0 Å². The second kappa shape index (κ2) is 8.73. The molecule has 0 aliphatic rings. The molecule has 0 saturated carbocycles. The molecule has 0 aliphatic heterocycles. The van der Waals surface area contributed by atoms with E-state index in [1.165, 1.54) is 0 Å². The summed E-state index contributed by atoms with van der Waals surface area (Å²) in [5.74, 6) is 0.605. The molecule has 0 atom stereocenters. The van der Waals surface area contributed by atoms with Crippen LogP contribution in [0.5, 0.6) is 0 Å². The largest absolute Gasteiger partial charge is 0.359 e. The van der Waals surface area contributed by atoms with Crippen LogP contribution in [0.15, 0.2) is 64.7 Å². The standard InChI is InChI=1S/C23H25FN4O/c1-15(2)22(21-13-18(29-27-21)14-26-23(25)28(3)4)17-10-11-19(20(24)12-17)16-8-6-5-7-9-16/h5-13H,14H2,1-4H3,(H2,25,26). The van der Waals surface area contributed by atoms with E-state index in [1.807, 2.05) is 56.3 Å². The number of allylic oxidation sites excluding steroid dienone is 1. The first kappa shape index (κ1) is 20.3. The minimum atomic E-state index is -0.280. The van der Waals surface area contributed by atoms with Crippen LogP contribution in [-0.2, 0) is 6.54 Å². The smallest absolute Gasteiger partial charge is 0.190 e. The molecule has 0 bridgehead atoms. The van der Waals surface area contributed by atoms with Crippen molar-refractivity contribution in [2.75, 3.05) is 14.1 Å². The maximum atomic E-state index is 14.9. The van der Waals surface area contributed by atoms with Gasteiger partial charge in [0, 0.05) is 31.3 Å². The first-order valence-electron chi connectivity index (χ1n) is 9.35. The minimum Gasteiger partial charge on any atom is -0.359 e. The zero-order valence-corrected chi connectivity index (χ0v) is 17.1. The van der Waals surface area contributed by atoms with Crippen LogP contribution < -0.4 is 5.32 Å². The van der Waals surface area contributed by atoms with Crippen molar-refractivity contribution in [3.05, 3.63) is 83.0 Å². The van der Waals surface area contributed by atoms with Gasteiger partial charge in [0.2, 0.25) is 0 Å². The fraction of sp³-hybridized carbons (Fsp3) is 0.217. The number of nitrogens with zero attached hydrogens (tertiary/aromatic N) is 2. The SMILES string of the molecule is CC(C)=C(c1ccc(-c2ccccc2)c(F)c1)c1cc(CNC(=N)N(C)C)on1. The highest BCUT2D eigenvalue weighted by Crippen LogP contribution is 2.30. The van der Waals surface area contributed by atoms with Crippen LogP contribution in [0.3, 0.4) is 0 Å². The van der Waals surface area contributed by atoms with E-state index in [1.54, 1.807) is 31.1 Å². The number of aromatic nitrogens is 1. The van der Waals surface area contributed by atoms with Crippen molar-refractivity contribution in [1.29, 1.82) is 5.41 Å². The van der Waals surface area contributed by atoms with Crippen molar-refractivity contribution in [3.63, 3.8) is 0 Å². The summed E-state index contributed by atoms with van der Waals surface area (Å²) in [5, 5.41) is 14.9. The van der Waals surface area contributed by atoms with Gasteiger partial charge in [-0.15, -0.1) is 0 Å². The average molecular weight is 392 g/mol. The molecule has 5 nitrogen and oxygen atoms in total. The van der Waals surface area contributed by atoms with Crippen LogP contribution in [0.2, 0.25) is 0 Å². The zero-order valence-electron chi connectivity index (χ0n) is 17.1. The Bertz CT molecular complexity index is 1030. The van der Waals surface area contributed by atoms with Gasteiger partial charge < -0.3 is 14.7 Å². The molecule has 2 N–H and O–H groups in total. The summed E-state index contributed by atoms with van der Waals surface area (Å²) in [6, 6.07) is 16.5. The van der Waals surface area contributed by atoms with Gasteiger partial charge in [-0.05, 0) is 31.0 Å². The van der Waals surface area contributed by atoms with Gasteiger partial charge in [-0.2, -0.15) is 0 Å². The molecule has 0 amide bonds. The Morgan fingerprint density at radius 2 is 1.83 bits per heavy atom. The molecule has 0 aliphatic carbocycles. The van der Waals surface area contributed by atoms with Gasteiger partial charge in [-0.3, -0.25) is 5.41 Å². The van der Waals surface area contributed by atoms with E-state index in [-0.39, 0.29) is 11.8 Å². The number of guanidine groups is 1. The quantitative estimate of drug-likeness (QED) is 0.478. The highest BCUT2D eigenvalue weighted by atomic mass is 19.1. The maximum Gasteiger partial charge on any atom is 0.190 e. The Morgan fingerprint density at radius 1 is 1.10 bits per heavy atom. The number of benzene rings is 2. The number of nitrogens with one attached hydrogen (secondary N) is 2. The van der Waals surface area contributed by atoms with Crippen LogP contribution in [0.4, 0.5) is 4.39 Å². The van der Waals surface area contributed by atoms with Crippen LogP contribution in [0, 0.1) is 11.2 Å². The van der Waals surface area contributed by atoms with Gasteiger partial charge in [0.1, 0.15) is 11.5 Å². The third kappa shape index (κ3) is 4.71. The van der Waals surface area contributed by atoms with Gasteiger partial charge in [-0.25, -0.2) is 4.39 Å². The second-order valence-electron chi connectivity index (χ2n) is 7.21. The summed E-state index contributed by atoms with van der Waals surface area (Å²) >= 11 is 0. The van der Waals surface area contributed by atoms with E-state index in [9.17, 15) is 4.39 Å². The molecular weight excluding hydrogens is 367 g/mol. The fourth-order valence-electron chi connectivity index (χ4n) is 3.06. The lowest BCUT2D eigenvalue weighted by molar-refractivity contribution is 0.377. The summed E-state index contributed by atoms with van der Waals surface area (Å²) in [6.07, 6.45) is 0. The number of halogens is 1. The monoisotopic (exact) mass is 392 g/mol. The Kier molecular flexibility index (Phi) is 6.12. The molecule has 6 heteroatoms. The Balaban J connectivity index is 1.87. The Hall–Kier alpha value is -3.41. The van der Waals surface area contributed by atoms with E-state index in [2.05, 4.69) is 10.5 Å². The molecule has 0 radical (unpaired) electrons. The molecular formula is C23H25FN4O. The van der Waals surface area contributed by atoms with Crippen molar-refractivity contribution >= 4 is 11.5 Å². The predicted molar refractivity (Wildman–Crippen MR) is 114 cm³/mol. The average Bonchev–Trinajstić information content (AvgIpc) is 3.15. The fourth-order valence-corrected chi connectivity index (χ4v) is 3.06. The molecule has 1 aromatic heterocycles. The van der Waals surface area contributed by atoms with E-state index in [0.717, 1.165) is 22.3 Å². The van der Waals surface area contributed by atoms with Crippen LogP contribution in [0.1, 0.15) is 30.9 Å². The molecule has 3 rings (SSSR count). The lowest BCUT2D eigenvalue weighted by Crippen LogP contribution is -2.34. The topological polar surface area (TPSA) is 65.2 Å². The predicted octanol–water partition coefficient (Wildman–Crippen LogP) is 4.91. The highest BCUT2D eigenvalue weighted by molar-refractivity contribution is 5.81. The molecule has 2 aromatic carbocycles. The van der Waals surface area contributed by atoms with Gasteiger partial charge in [0.05, 0.1) is 6.54 Å². The van der Waals surface area contributed by atoms with Gasteiger partial charge >= 0.3 is 0 Å². The van der Waals surface area contributed by atoms with Crippen molar-refractivity contribution < 1.29 is 8.91 Å². The summed E-state index contributed by atoms with van der Waals surface area (Å²) in [6.45, 7) is 4.28. The third-order valence-corrected chi connectivity index (χ3v) is 4.53. The van der Waals surface area contributed by atoms with Crippen LogP contribution in [-0.4, -0.2) is 30.1 Å². The maximum absolute atomic E-state index is 14.9. The Labute approximate surface area is 170 Å². The number of hydrogen-bond donors (Lipinski definition) is 2. The van der Waals surface area contributed by atoms with Crippen molar-refractivity contribution in [2.24, 2.45) is 0 Å². The summed E-state index contributed by atoms with van der Waals surface area (Å²) in [7, 11) is 3.58. The molecule has 0 saturated heterocycles. The van der Waals surface area contributed by atoms with E-state index < -0.39 is 0 Å². The van der Waals surface area contributed by atoms with Crippen LogP contribution in [0.25, 0.3) is 16.7 Å². The normalized spacial score (nSPS) is 10.5. The summed E-state index contributed by atoms with van der Waals surface area (Å²) in [5.41, 5.74) is 4.64. The minimum absolute atomic E-state index is 0.280. The molecule has 29 heavy (non-hydrogen) atoms. The molecule has 0 unspecified atom stereocenters. The summed E-state index contributed by atoms with van der Waals surface area (Å²) < 4.78 is 20.3. The van der Waals surface area contributed by atoms with E-state index in [4.69, 9.17) is 9.93 Å². The van der Waals surface area contributed by atoms with Gasteiger partial charge in [0.15, 0.2) is 11.7 Å². The van der Waals surface area contributed by atoms with Gasteiger partial charge in [0.25, 0.3) is 0 Å². The van der Waals surface area contributed by atoms with Crippen molar-refractivity contribution in [3.8, 4) is 11.1 Å². The van der Waals surface area contributed by atoms with E-state index >= 15 is 0 Å². The third-order valence-electron chi connectivity index (χ3n) is 4.53. The molecule has 1 heterocycles. The van der Waals surface area contributed by atoms with E-state index in [0.29, 0.717) is 23.6 Å². The molecule has 3 aromatic rings. The van der Waals surface area contributed by atoms with Gasteiger partial charge in [-0.1, -0.05) is 53.2 Å². The lowest BCUT2D eigenvalue weighted by atomic mass is 9.95. The number of rotatable bonds is 5. The molecule has 0 spiro atoms. The second-order valence-corrected chi connectivity index (χ2v) is 7.21.